The summed E-state index contributed by atoms with van der Waals surface area (Å²) < 4.78 is 5.49. The molecule has 0 amide bonds. The number of ether oxygens (including phenoxy) is 1. The lowest BCUT2D eigenvalue weighted by Gasteiger charge is -2.14. The number of nitrogens with one attached hydrogen (secondary N) is 1. The Morgan fingerprint density at radius 1 is 1.00 bits per heavy atom. The van der Waals surface area contributed by atoms with Crippen molar-refractivity contribution >= 4 is 17.2 Å². The number of anilines is 3. The van der Waals surface area contributed by atoms with Crippen LogP contribution in [0.2, 0.25) is 0 Å². The number of hydrogen-bond donors (Lipinski definition) is 3. The van der Waals surface area contributed by atoms with Gasteiger partial charge in [-0.15, -0.1) is 0 Å². The molecule has 128 valence electrons. The lowest BCUT2D eigenvalue weighted by atomic mass is 10.0. The SMILES string of the molecule is COc1ccc(-c2cccc(N)c2)cc1CNc1ccc(C)nc1N. The first kappa shape index (κ1) is 16.6. The summed E-state index contributed by atoms with van der Waals surface area (Å²) in [5.41, 5.74) is 17.5. The van der Waals surface area contributed by atoms with Gasteiger partial charge < -0.3 is 21.5 Å². The van der Waals surface area contributed by atoms with Gasteiger partial charge in [0.25, 0.3) is 0 Å². The van der Waals surface area contributed by atoms with Crippen molar-refractivity contribution in [3.63, 3.8) is 0 Å². The standard InChI is InChI=1S/C20H22N4O/c1-13-6-8-18(20(22)24-13)23-12-16-10-15(7-9-19(16)25-2)14-4-3-5-17(21)11-14/h3-11,23H,12,21H2,1-2H3,(H2,22,24). The zero-order valence-electron chi connectivity index (χ0n) is 14.4. The number of benzene rings is 2. The van der Waals surface area contributed by atoms with Crippen LogP contribution in [0.5, 0.6) is 5.75 Å². The third-order valence-electron chi connectivity index (χ3n) is 4.03. The minimum atomic E-state index is 0.492. The normalized spacial score (nSPS) is 10.5. The first-order valence-electron chi connectivity index (χ1n) is 8.06. The summed E-state index contributed by atoms with van der Waals surface area (Å²) in [6.45, 7) is 2.49. The molecule has 3 aromatic rings. The summed E-state index contributed by atoms with van der Waals surface area (Å²) in [5.74, 6) is 1.31. The average Bonchev–Trinajstić information content (AvgIpc) is 2.61. The highest BCUT2D eigenvalue weighted by Gasteiger charge is 2.08. The van der Waals surface area contributed by atoms with Gasteiger partial charge in [0.05, 0.1) is 12.8 Å². The Morgan fingerprint density at radius 3 is 2.52 bits per heavy atom. The van der Waals surface area contributed by atoms with Gasteiger partial charge in [0.15, 0.2) is 0 Å². The predicted molar refractivity (Wildman–Crippen MR) is 104 cm³/mol. The summed E-state index contributed by atoms with van der Waals surface area (Å²) in [7, 11) is 1.67. The van der Waals surface area contributed by atoms with Gasteiger partial charge in [-0.25, -0.2) is 4.98 Å². The number of hydrogen-bond acceptors (Lipinski definition) is 5. The van der Waals surface area contributed by atoms with Gasteiger partial charge in [-0.1, -0.05) is 18.2 Å². The van der Waals surface area contributed by atoms with Gasteiger partial charge in [0.1, 0.15) is 11.6 Å². The summed E-state index contributed by atoms with van der Waals surface area (Å²) in [5, 5.41) is 3.33. The third kappa shape index (κ3) is 3.83. The number of nitrogens with zero attached hydrogens (tertiary/aromatic N) is 1. The Labute approximate surface area is 147 Å². The van der Waals surface area contributed by atoms with Crippen LogP contribution in [-0.4, -0.2) is 12.1 Å². The number of pyridine rings is 1. The lowest BCUT2D eigenvalue weighted by Crippen LogP contribution is -2.06. The molecular formula is C20H22N4O. The molecule has 0 aliphatic rings. The first-order valence-corrected chi connectivity index (χ1v) is 8.06. The molecule has 0 aliphatic heterocycles. The number of nitrogens with two attached hydrogens (primary N) is 2. The molecule has 1 heterocycles. The predicted octanol–water partition coefficient (Wildman–Crippen LogP) is 3.84. The number of methoxy groups -OCH3 is 1. The molecule has 5 N–H and O–H groups in total. The Bertz CT molecular complexity index is 893. The van der Waals surface area contributed by atoms with Crippen LogP contribution in [0.15, 0.2) is 54.6 Å². The van der Waals surface area contributed by atoms with Crippen LogP contribution in [0.3, 0.4) is 0 Å². The van der Waals surface area contributed by atoms with E-state index in [4.69, 9.17) is 16.2 Å². The van der Waals surface area contributed by atoms with Crippen molar-refractivity contribution in [2.75, 3.05) is 23.9 Å². The second-order valence-corrected chi connectivity index (χ2v) is 5.89. The highest BCUT2D eigenvalue weighted by atomic mass is 16.5. The van der Waals surface area contributed by atoms with Crippen molar-refractivity contribution < 1.29 is 4.74 Å². The van der Waals surface area contributed by atoms with E-state index in [-0.39, 0.29) is 0 Å². The van der Waals surface area contributed by atoms with Crippen molar-refractivity contribution in [3.8, 4) is 16.9 Å². The number of aryl methyl sites for hydroxylation is 1. The molecule has 25 heavy (non-hydrogen) atoms. The van der Waals surface area contributed by atoms with Crippen LogP contribution in [0.25, 0.3) is 11.1 Å². The highest BCUT2D eigenvalue weighted by Crippen LogP contribution is 2.28. The van der Waals surface area contributed by atoms with Gasteiger partial charge in [0.2, 0.25) is 0 Å². The largest absolute Gasteiger partial charge is 0.496 e. The maximum absolute atomic E-state index is 5.97. The van der Waals surface area contributed by atoms with Gasteiger partial charge in [-0.05, 0) is 54.4 Å². The van der Waals surface area contributed by atoms with E-state index < -0.39 is 0 Å². The van der Waals surface area contributed by atoms with Crippen LogP contribution in [0.4, 0.5) is 17.2 Å². The van der Waals surface area contributed by atoms with E-state index in [1.807, 2.05) is 55.5 Å². The molecule has 3 rings (SSSR count). The molecule has 2 aromatic carbocycles. The zero-order valence-corrected chi connectivity index (χ0v) is 14.4. The van der Waals surface area contributed by atoms with E-state index in [1.54, 1.807) is 7.11 Å². The molecule has 5 nitrogen and oxygen atoms in total. The van der Waals surface area contributed by atoms with E-state index in [0.717, 1.165) is 39.5 Å². The molecule has 0 saturated heterocycles. The van der Waals surface area contributed by atoms with Gasteiger partial charge in [0, 0.05) is 23.5 Å². The molecule has 0 unspecified atom stereocenters. The first-order chi connectivity index (χ1) is 12.1. The number of aromatic nitrogens is 1. The van der Waals surface area contributed by atoms with Crippen LogP contribution in [0.1, 0.15) is 11.3 Å². The van der Waals surface area contributed by atoms with Crippen molar-refractivity contribution in [1.29, 1.82) is 0 Å². The minimum absolute atomic E-state index is 0.492. The Kier molecular flexibility index (Phi) is 4.75. The fourth-order valence-electron chi connectivity index (χ4n) is 2.73. The fraction of sp³-hybridized carbons (Fsp3) is 0.150. The van der Waals surface area contributed by atoms with Crippen LogP contribution in [0, 0.1) is 6.92 Å². The Hall–Kier alpha value is -3.21. The molecule has 0 fully saturated rings. The van der Waals surface area contributed by atoms with Gasteiger partial charge in [-0.2, -0.15) is 0 Å². The van der Waals surface area contributed by atoms with E-state index in [1.165, 1.54) is 0 Å². The maximum Gasteiger partial charge on any atom is 0.147 e. The van der Waals surface area contributed by atoms with E-state index in [0.29, 0.717) is 12.4 Å². The maximum atomic E-state index is 5.97. The minimum Gasteiger partial charge on any atom is -0.496 e. The average molecular weight is 334 g/mol. The van der Waals surface area contributed by atoms with Crippen LogP contribution < -0.4 is 21.5 Å². The number of rotatable bonds is 5. The fourth-order valence-corrected chi connectivity index (χ4v) is 2.73. The van der Waals surface area contributed by atoms with Crippen molar-refractivity contribution in [3.05, 3.63) is 65.9 Å². The van der Waals surface area contributed by atoms with Crippen LogP contribution >= 0.6 is 0 Å². The monoisotopic (exact) mass is 334 g/mol. The van der Waals surface area contributed by atoms with Crippen molar-refractivity contribution in [2.24, 2.45) is 0 Å². The molecule has 5 heteroatoms. The quantitative estimate of drug-likeness (QED) is 0.617. The third-order valence-corrected chi connectivity index (χ3v) is 4.03. The van der Waals surface area contributed by atoms with Crippen molar-refractivity contribution in [1.82, 2.24) is 4.98 Å². The molecule has 0 saturated carbocycles. The smallest absolute Gasteiger partial charge is 0.147 e. The highest BCUT2D eigenvalue weighted by molar-refractivity contribution is 5.69. The Morgan fingerprint density at radius 2 is 1.80 bits per heavy atom. The Balaban J connectivity index is 1.87. The van der Waals surface area contributed by atoms with Crippen molar-refractivity contribution in [2.45, 2.75) is 13.5 Å². The van der Waals surface area contributed by atoms with Crippen LogP contribution in [-0.2, 0) is 6.54 Å². The second kappa shape index (κ2) is 7.13. The lowest BCUT2D eigenvalue weighted by molar-refractivity contribution is 0.410. The molecular weight excluding hydrogens is 312 g/mol. The molecule has 0 spiro atoms. The molecule has 0 atom stereocenters. The molecule has 0 aliphatic carbocycles. The topological polar surface area (TPSA) is 86.2 Å². The van der Waals surface area contributed by atoms with E-state index in [9.17, 15) is 0 Å². The zero-order chi connectivity index (χ0) is 17.8. The van der Waals surface area contributed by atoms with E-state index >= 15 is 0 Å². The number of nitrogen functional groups attached to an aromatic ring is 2. The summed E-state index contributed by atoms with van der Waals surface area (Å²) >= 11 is 0. The van der Waals surface area contributed by atoms with E-state index in [2.05, 4.69) is 16.4 Å². The van der Waals surface area contributed by atoms with Gasteiger partial charge >= 0.3 is 0 Å². The molecule has 0 radical (unpaired) electrons. The van der Waals surface area contributed by atoms with Gasteiger partial charge in [-0.3, -0.25) is 0 Å². The second-order valence-electron chi connectivity index (χ2n) is 5.89. The summed E-state index contributed by atoms with van der Waals surface area (Å²) in [4.78, 5) is 4.27. The molecule has 0 bridgehead atoms. The molecule has 1 aromatic heterocycles. The summed E-state index contributed by atoms with van der Waals surface area (Å²) in [6, 6.07) is 17.8. The summed E-state index contributed by atoms with van der Waals surface area (Å²) in [6.07, 6.45) is 0.